The van der Waals surface area contributed by atoms with Crippen molar-refractivity contribution in [3.63, 3.8) is 0 Å². The van der Waals surface area contributed by atoms with Crippen molar-refractivity contribution >= 4 is 11.6 Å². The molecule has 16 heavy (non-hydrogen) atoms. The van der Waals surface area contributed by atoms with E-state index in [4.69, 9.17) is 21.1 Å². The lowest BCUT2D eigenvalue weighted by molar-refractivity contribution is 0.140. The second-order valence-electron chi connectivity index (χ2n) is 3.85. The molecule has 0 amide bonds. The molecule has 0 bridgehead atoms. The summed E-state index contributed by atoms with van der Waals surface area (Å²) in [6, 6.07) is 5.75. The predicted molar refractivity (Wildman–Crippen MR) is 64.1 cm³/mol. The van der Waals surface area contributed by atoms with Crippen molar-refractivity contribution < 1.29 is 9.47 Å². The topological polar surface area (TPSA) is 30.5 Å². The third kappa shape index (κ3) is 2.67. The van der Waals surface area contributed by atoms with Crippen molar-refractivity contribution in [2.24, 2.45) is 0 Å². The first-order chi connectivity index (χ1) is 7.81. The van der Waals surface area contributed by atoms with Crippen LogP contribution in [-0.4, -0.2) is 26.4 Å². The molecule has 1 atom stereocenters. The van der Waals surface area contributed by atoms with Crippen LogP contribution in [0.5, 0.6) is 5.75 Å². The molecular weight excluding hydrogens is 226 g/mol. The van der Waals surface area contributed by atoms with E-state index in [9.17, 15) is 0 Å². The van der Waals surface area contributed by atoms with E-state index in [1.165, 1.54) is 0 Å². The number of hydrogen-bond acceptors (Lipinski definition) is 3. The SMILES string of the molecule is CNCc1c(Cl)cccc1OC1CCOC1. The first-order valence-electron chi connectivity index (χ1n) is 5.47. The first-order valence-corrected chi connectivity index (χ1v) is 5.85. The molecule has 0 spiro atoms. The van der Waals surface area contributed by atoms with Gasteiger partial charge < -0.3 is 14.8 Å². The van der Waals surface area contributed by atoms with E-state index in [2.05, 4.69) is 5.32 Å². The van der Waals surface area contributed by atoms with E-state index in [1.807, 2.05) is 25.2 Å². The Morgan fingerprint density at radius 1 is 1.56 bits per heavy atom. The monoisotopic (exact) mass is 241 g/mol. The Kier molecular flexibility index (Phi) is 4.04. The molecule has 0 aliphatic carbocycles. The number of benzene rings is 1. The molecule has 88 valence electrons. The van der Waals surface area contributed by atoms with Crippen LogP contribution in [0.2, 0.25) is 5.02 Å². The molecule has 1 heterocycles. The molecule has 1 fully saturated rings. The minimum absolute atomic E-state index is 0.161. The van der Waals surface area contributed by atoms with Gasteiger partial charge in [0, 0.05) is 23.6 Å². The minimum Gasteiger partial charge on any atom is -0.488 e. The van der Waals surface area contributed by atoms with Crippen LogP contribution in [0, 0.1) is 0 Å². The van der Waals surface area contributed by atoms with Crippen molar-refractivity contribution in [1.29, 1.82) is 0 Å². The average Bonchev–Trinajstić information content (AvgIpc) is 2.76. The van der Waals surface area contributed by atoms with E-state index in [-0.39, 0.29) is 6.10 Å². The highest BCUT2D eigenvalue weighted by Crippen LogP contribution is 2.28. The normalized spacial score (nSPS) is 20.0. The fourth-order valence-corrected chi connectivity index (χ4v) is 2.02. The fourth-order valence-electron chi connectivity index (χ4n) is 1.78. The maximum Gasteiger partial charge on any atom is 0.125 e. The molecular formula is C12H16ClNO2. The Balaban J connectivity index is 2.14. The van der Waals surface area contributed by atoms with Crippen LogP contribution in [0.3, 0.4) is 0 Å². The zero-order valence-corrected chi connectivity index (χ0v) is 10.1. The Morgan fingerprint density at radius 3 is 3.12 bits per heavy atom. The van der Waals surface area contributed by atoms with Gasteiger partial charge in [0.05, 0.1) is 13.2 Å². The summed E-state index contributed by atoms with van der Waals surface area (Å²) in [6.45, 7) is 2.17. The van der Waals surface area contributed by atoms with Crippen LogP contribution in [0.4, 0.5) is 0 Å². The summed E-state index contributed by atoms with van der Waals surface area (Å²) in [5, 5.41) is 3.84. The fraction of sp³-hybridized carbons (Fsp3) is 0.500. The molecule has 3 nitrogen and oxygen atoms in total. The van der Waals surface area contributed by atoms with E-state index >= 15 is 0 Å². The molecule has 2 rings (SSSR count). The van der Waals surface area contributed by atoms with Gasteiger partial charge in [-0.15, -0.1) is 0 Å². The van der Waals surface area contributed by atoms with Gasteiger partial charge in [0.25, 0.3) is 0 Å². The molecule has 0 aromatic heterocycles. The lowest BCUT2D eigenvalue weighted by Gasteiger charge is -2.16. The van der Waals surface area contributed by atoms with Crippen LogP contribution >= 0.6 is 11.6 Å². The van der Waals surface area contributed by atoms with Gasteiger partial charge in [-0.2, -0.15) is 0 Å². The van der Waals surface area contributed by atoms with Gasteiger partial charge in [0.15, 0.2) is 0 Å². The highest BCUT2D eigenvalue weighted by molar-refractivity contribution is 6.31. The molecule has 0 saturated carbocycles. The number of nitrogens with one attached hydrogen (secondary N) is 1. The van der Waals surface area contributed by atoms with Gasteiger partial charge in [-0.25, -0.2) is 0 Å². The van der Waals surface area contributed by atoms with Gasteiger partial charge in [0.2, 0.25) is 0 Å². The summed E-state index contributed by atoms with van der Waals surface area (Å²) < 4.78 is 11.2. The second kappa shape index (κ2) is 5.53. The summed E-state index contributed by atoms with van der Waals surface area (Å²) >= 11 is 6.14. The van der Waals surface area contributed by atoms with Crippen molar-refractivity contribution in [3.8, 4) is 5.75 Å². The van der Waals surface area contributed by atoms with Gasteiger partial charge in [-0.3, -0.25) is 0 Å². The quantitative estimate of drug-likeness (QED) is 0.877. The summed E-state index contributed by atoms with van der Waals surface area (Å²) in [6.07, 6.45) is 1.11. The molecule has 4 heteroatoms. The average molecular weight is 242 g/mol. The van der Waals surface area contributed by atoms with E-state index in [0.29, 0.717) is 13.2 Å². The van der Waals surface area contributed by atoms with E-state index in [1.54, 1.807) is 0 Å². The van der Waals surface area contributed by atoms with Gasteiger partial charge in [-0.1, -0.05) is 17.7 Å². The third-order valence-corrected chi connectivity index (χ3v) is 2.97. The van der Waals surface area contributed by atoms with E-state index < -0.39 is 0 Å². The van der Waals surface area contributed by atoms with Gasteiger partial charge >= 0.3 is 0 Å². The number of halogens is 1. The summed E-state index contributed by atoms with van der Waals surface area (Å²) in [5.74, 6) is 0.859. The van der Waals surface area contributed by atoms with Gasteiger partial charge in [0.1, 0.15) is 11.9 Å². The maximum absolute atomic E-state index is 6.14. The van der Waals surface area contributed by atoms with Crippen LogP contribution in [-0.2, 0) is 11.3 Å². The highest BCUT2D eigenvalue weighted by Gasteiger charge is 2.19. The highest BCUT2D eigenvalue weighted by atomic mass is 35.5. The van der Waals surface area contributed by atoms with Crippen LogP contribution in [0.25, 0.3) is 0 Å². The largest absolute Gasteiger partial charge is 0.488 e. The summed E-state index contributed by atoms with van der Waals surface area (Å²) in [5.41, 5.74) is 1.01. The van der Waals surface area contributed by atoms with Crippen LogP contribution in [0.15, 0.2) is 18.2 Å². The Labute approximate surface area is 101 Å². The predicted octanol–water partition coefficient (Wildman–Crippen LogP) is 2.23. The maximum atomic E-state index is 6.14. The zero-order chi connectivity index (χ0) is 11.4. The lowest BCUT2D eigenvalue weighted by atomic mass is 10.2. The van der Waals surface area contributed by atoms with Crippen molar-refractivity contribution in [2.45, 2.75) is 19.1 Å². The molecule has 1 aromatic rings. The Bertz CT molecular complexity index is 351. The molecule has 1 aromatic carbocycles. The second-order valence-corrected chi connectivity index (χ2v) is 4.26. The van der Waals surface area contributed by atoms with Gasteiger partial charge in [-0.05, 0) is 19.2 Å². The summed E-state index contributed by atoms with van der Waals surface area (Å²) in [4.78, 5) is 0. The Morgan fingerprint density at radius 2 is 2.44 bits per heavy atom. The molecule has 0 radical (unpaired) electrons. The standard InChI is InChI=1S/C12H16ClNO2/c1-14-7-10-11(13)3-2-4-12(10)16-9-5-6-15-8-9/h2-4,9,14H,5-8H2,1H3. The van der Waals surface area contributed by atoms with Crippen LogP contribution in [0.1, 0.15) is 12.0 Å². The number of hydrogen-bond donors (Lipinski definition) is 1. The van der Waals surface area contributed by atoms with Crippen molar-refractivity contribution in [2.75, 3.05) is 20.3 Å². The molecule has 1 aliphatic heterocycles. The van der Waals surface area contributed by atoms with Crippen molar-refractivity contribution in [3.05, 3.63) is 28.8 Å². The van der Waals surface area contributed by atoms with Crippen LogP contribution < -0.4 is 10.1 Å². The summed E-state index contributed by atoms with van der Waals surface area (Å²) in [7, 11) is 1.89. The molecule has 1 N–H and O–H groups in total. The molecule has 1 aliphatic rings. The van der Waals surface area contributed by atoms with Crippen molar-refractivity contribution in [1.82, 2.24) is 5.32 Å². The Hall–Kier alpha value is -0.770. The van der Waals surface area contributed by atoms with E-state index in [0.717, 1.165) is 29.4 Å². The number of ether oxygens (including phenoxy) is 2. The third-order valence-electron chi connectivity index (χ3n) is 2.61. The molecule has 1 unspecified atom stereocenters. The first kappa shape index (κ1) is 11.7. The minimum atomic E-state index is 0.161. The lowest BCUT2D eigenvalue weighted by Crippen LogP contribution is -2.18. The smallest absolute Gasteiger partial charge is 0.125 e. The number of rotatable bonds is 4. The zero-order valence-electron chi connectivity index (χ0n) is 9.33. The molecule has 1 saturated heterocycles.